The maximum atomic E-state index is 13.7. The molecule has 3 fully saturated rings. The van der Waals surface area contributed by atoms with Crippen LogP contribution in [0.4, 0.5) is 11.9 Å². The van der Waals surface area contributed by atoms with E-state index in [1.54, 1.807) is 0 Å². The topological polar surface area (TPSA) is 356 Å². The number of fused-ring (bicyclic) bond motifs is 4. The Kier molecular flexibility index (Phi) is 14.1. The van der Waals surface area contributed by atoms with Crippen molar-refractivity contribution in [2.75, 3.05) is 24.7 Å². The summed E-state index contributed by atoms with van der Waals surface area (Å²) in [5, 5.41) is 11.3. The predicted molar refractivity (Wildman–Crippen MR) is 211 cm³/mol. The smallest absolute Gasteiger partial charge is 0.455 e. The molecule has 0 aliphatic carbocycles. The first kappa shape index (κ1) is 44.9. The Hall–Kier alpha value is -4.13. The Labute approximate surface area is 346 Å². The van der Waals surface area contributed by atoms with Crippen LogP contribution in [0.3, 0.4) is 0 Å². The summed E-state index contributed by atoms with van der Waals surface area (Å²) >= 11 is 0. The van der Waals surface area contributed by atoms with Crippen molar-refractivity contribution >= 4 is 55.8 Å². The van der Waals surface area contributed by atoms with E-state index in [0.717, 1.165) is 49.3 Å². The maximum Gasteiger partial charge on any atom is 0.472 e. The van der Waals surface area contributed by atoms with Gasteiger partial charge in [-0.1, -0.05) is 71.1 Å². The number of esters is 1. The number of nitrogens with zero attached hydrogens (tertiary/aromatic N) is 6. The van der Waals surface area contributed by atoms with Crippen molar-refractivity contribution in [2.45, 2.75) is 133 Å². The molecule has 7 rings (SSSR count). The highest BCUT2D eigenvalue weighted by molar-refractivity contribution is 7.47. The second-order valence-electron chi connectivity index (χ2n) is 15.1. The van der Waals surface area contributed by atoms with Gasteiger partial charge >= 0.3 is 21.6 Å². The molecule has 3 saturated heterocycles. The summed E-state index contributed by atoms with van der Waals surface area (Å²) < 4.78 is 69.1. The third-order valence-electron chi connectivity index (χ3n) is 10.6. The predicted octanol–water partition coefficient (Wildman–Crippen LogP) is 2.20. The lowest BCUT2D eigenvalue weighted by Crippen LogP contribution is -2.40. The van der Waals surface area contributed by atoms with Crippen LogP contribution >= 0.6 is 15.6 Å². The maximum absolute atomic E-state index is 13.7. The molecule has 0 radical (unpaired) electrons. The molecular weight excluding hydrogens is 850 g/mol. The van der Waals surface area contributed by atoms with Gasteiger partial charge in [0.1, 0.15) is 30.5 Å². The van der Waals surface area contributed by atoms with Crippen LogP contribution in [-0.2, 0) is 46.2 Å². The minimum absolute atomic E-state index is 0.0385. The molecule has 0 saturated carbocycles. The number of nitrogens with one attached hydrogen (secondary N) is 2. The molecule has 6 unspecified atom stereocenters. The second-order valence-corrected chi connectivity index (χ2v) is 17.9. The average Bonchev–Trinajstić information content (AvgIpc) is 3.96. The SMILES string of the molecule is CCCCCCCCCCCCCC(=O)OC1C2OP(=O)(O)OC[C@@H]3O[C@H](n4cnc5c(=O)[nH]c(N)nc54)C(O)C3OP(=O)(O)OC[C@@H]2O[C@H]1n1cnc2c(=O)[nH]c(N)nc21. The first-order valence-corrected chi connectivity index (χ1v) is 23.1. The van der Waals surface area contributed by atoms with Gasteiger partial charge in [0.2, 0.25) is 11.9 Å². The number of imidazole rings is 2. The lowest BCUT2D eigenvalue weighted by atomic mass is 10.1. The van der Waals surface area contributed by atoms with E-state index in [1.165, 1.54) is 36.7 Å². The Morgan fingerprint density at radius 3 is 1.77 bits per heavy atom. The van der Waals surface area contributed by atoms with Crippen molar-refractivity contribution in [3.8, 4) is 0 Å². The van der Waals surface area contributed by atoms with Gasteiger partial charge in [-0.15, -0.1) is 0 Å². The molecule has 7 heterocycles. The van der Waals surface area contributed by atoms with Gasteiger partial charge in [0.05, 0.1) is 25.9 Å². The van der Waals surface area contributed by atoms with Gasteiger partial charge in [-0.3, -0.25) is 51.6 Å². The fraction of sp³-hybridized carbons (Fsp3) is 0.676. The third kappa shape index (κ3) is 10.4. The summed E-state index contributed by atoms with van der Waals surface area (Å²) in [5.41, 5.74) is 9.53. The van der Waals surface area contributed by atoms with E-state index >= 15 is 0 Å². The number of nitrogens with two attached hydrogens (primary N) is 2. The Morgan fingerprint density at radius 1 is 0.770 bits per heavy atom. The number of anilines is 2. The fourth-order valence-electron chi connectivity index (χ4n) is 7.64. The van der Waals surface area contributed by atoms with Gasteiger partial charge in [-0.25, -0.2) is 19.1 Å². The first-order valence-electron chi connectivity index (χ1n) is 20.1. The number of phosphoric acid groups is 2. The molecule has 0 bridgehead atoms. The summed E-state index contributed by atoms with van der Waals surface area (Å²) in [4.78, 5) is 81.4. The van der Waals surface area contributed by atoms with E-state index in [1.807, 2.05) is 0 Å². The molecule has 4 aromatic heterocycles. The molecule has 4 aromatic rings. The van der Waals surface area contributed by atoms with Crippen molar-refractivity contribution in [3.05, 3.63) is 33.4 Å². The Morgan fingerprint density at radius 2 is 1.23 bits per heavy atom. The molecule has 3 aliphatic heterocycles. The van der Waals surface area contributed by atoms with E-state index in [0.29, 0.717) is 6.42 Å². The van der Waals surface area contributed by atoms with E-state index in [2.05, 4.69) is 36.8 Å². The van der Waals surface area contributed by atoms with Crippen molar-refractivity contribution in [2.24, 2.45) is 0 Å². The van der Waals surface area contributed by atoms with Gasteiger partial charge in [0.15, 0.2) is 40.9 Å². The number of aliphatic hydroxyl groups is 1. The fourth-order valence-corrected chi connectivity index (χ4v) is 9.56. The number of carbonyl (C=O) groups is 1. The van der Waals surface area contributed by atoms with Crippen LogP contribution in [0, 0.1) is 0 Å². The molecular formula is C34H50N10O15P2. The van der Waals surface area contributed by atoms with Crippen LogP contribution in [-0.4, -0.2) is 110 Å². The Bertz CT molecular complexity index is 2390. The van der Waals surface area contributed by atoms with Crippen molar-refractivity contribution in [1.29, 1.82) is 0 Å². The van der Waals surface area contributed by atoms with E-state index in [9.17, 15) is 38.4 Å². The highest BCUT2D eigenvalue weighted by atomic mass is 31.2. The molecule has 3 aliphatic rings. The number of hydrogen-bond donors (Lipinski definition) is 7. The van der Waals surface area contributed by atoms with E-state index in [-0.39, 0.29) is 40.6 Å². The second kappa shape index (κ2) is 19.1. The molecule has 0 aromatic carbocycles. The molecule has 10 atom stereocenters. The highest BCUT2D eigenvalue weighted by Crippen LogP contribution is 2.54. The third-order valence-corrected chi connectivity index (χ3v) is 12.6. The summed E-state index contributed by atoms with van der Waals surface area (Å²) in [5.74, 6) is -1.29. The molecule has 61 heavy (non-hydrogen) atoms. The average molecular weight is 901 g/mol. The highest BCUT2D eigenvalue weighted by Gasteiger charge is 2.55. The van der Waals surface area contributed by atoms with Crippen molar-refractivity contribution < 1.29 is 61.1 Å². The number of aromatic amines is 2. The van der Waals surface area contributed by atoms with Gasteiger partial charge < -0.3 is 40.6 Å². The zero-order valence-electron chi connectivity index (χ0n) is 33.1. The normalized spacial score (nSPS) is 30.8. The van der Waals surface area contributed by atoms with Crippen LogP contribution in [0.25, 0.3) is 22.3 Å². The number of H-pyrrole nitrogens is 2. The van der Waals surface area contributed by atoms with Crippen LogP contribution in [0.15, 0.2) is 22.2 Å². The monoisotopic (exact) mass is 900 g/mol. The molecule has 27 heteroatoms. The largest absolute Gasteiger partial charge is 0.472 e. The number of rotatable bonds is 15. The number of ether oxygens (including phenoxy) is 3. The van der Waals surface area contributed by atoms with Crippen LogP contribution in [0.1, 0.15) is 96.4 Å². The number of phosphoric ester groups is 2. The van der Waals surface area contributed by atoms with E-state index in [4.69, 9.17) is 43.8 Å². The van der Waals surface area contributed by atoms with Crippen molar-refractivity contribution in [3.63, 3.8) is 0 Å². The number of nitrogen functional groups attached to an aromatic ring is 2. The zero-order valence-corrected chi connectivity index (χ0v) is 34.9. The molecule has 0 spiro atoms. The van der Waals surface area contributed by atoms with Gasteiger partial charge in [-0.2, -0.15) is 9.97 Å². The lowest BCUT2D eigenvalue weighted by Gasteiger charge is -2.28. The summed E-state index contributed by atoms with van der Waals surface area (Å²) in [6.07, 6.45) is 0.720. The number of hydrogen-bond acceptors (Lipinski definition) is 19. The molecule has 336 valence electrons. The number of aliphatic hydroxyl groups excluding tert-OH is 1. The Balaban J connectivity index is 1.10. The van der Waals surface area contributed by atoms with Crippen LogP contribution in [0.5, 0.6) is 0 Å². The number of carbonyl (C=O) groups excluding carboxylic acids is 1. The standard InChI is InChI=1S/C34H50N10O15P2/c1-2-3-4-5-6-7-8-9-10-11-12-13-20(45)57-26-25-19(56-32(26)44-17-38-22-28(44)40-34(36)42-30(22)48)15-54-60(49,50)58-24-18(14-53-61(51,52)59-25)55-31(23(24)46)43-16-37-21-27(43)39-33(35)41-29(21)47/h16-19,23-26,31-32,46H,2-15H2,1H3,(H,49,50)(H,51,52)(H3,35,39,41,47)(H3,36,40,42,48)/t18-,19-,23?,24?,25?,26?,31-,32+/m0/s1. The lowest BCUT2D eigenvalue weighted by molar-refractivity contribution is -0.158. The zero-order chi connectivity index (χ0) is 43.5. The minimum atomic E-state index is -5.22. The van der Waals surface area contributed by atoms with Gasteiger partial charge in [0.25, 0.3) is 11.1 Å². The minimum Gasteiger partial charge on any atom is -0.455 e. The van der Waals surface area contributed by atoms with Gasteiger partial charge in [0, 0.05) is 6.42 Å². The summed E-state index contributed by atoms with van der Waals surface area (Å²) in [7, 11) is -10.4. The molecule has 0 amide bonds. The van der Waals surface area contributed by atoms with Crippen molar-refractivity contribution in [1.82, 2.24) is 39.0 Å². The molecule has 25 nitrogen and oxygen atoms in total. The van der Waals surface area contributed by atoms with Gasteiger partial charge in [-0.05, 0) is 6.42 Å². The summed E-state index contributed by atoms with van der Waals surface area (Å²) in [6.45, 7) is 0.404. The first-order chi connectivity index (χ1) is 29.1. The molecule has 9 N–H and O–H groups in total. The summed E-state index contributed by atoms with van der Waals surface area (Å²) in [6, 6.07) is 0. The number of unbranched alkanes of at least 4 members (excludes halogenated alkanes) is 10. The number of aromatic nitrogens is 8. The van der Waals surface area contributed by atoms with Crippen LogP contribution < -0.4 is 22.6 Å². The van der Waals surface area contributed by atoms with Crippen LogP contribution in [0.2, 0.25) is 0 Å². The quantitative estimate of drug-likeness (QED) is 0.0511. The van der Waals surface area contributed by atoms with E-state index < -0.39 is 95.0 Å².